The number of rotatable bonds is 4. The summed E-state index contributed by atoms with van der Waals surface area (Å²) in [6.45, 7) is 0. The zero-order valence-corrected chi connectivity index (χ0v) is 12.0. The zero-order chi connectivity index (χ0) is 15.5. The van der Waals surface area contributed by atoms with Crippen LogP contribution in [0, 0.1) is 0 Å². The van der Waals surface area contributed by atoms with Crippen LogP contribution in [0.5, 0.6) is 5.75 Å². The van der Waals surface area contributed by atoms with Crippen LogP contribution in [-0.4, -0.2) is 26.5 Å². The number of phenolic OH excluding ortho intramolecular Hbond substituents is 1. The average molecular weight is 306 g/mol. The molecule has 110 valence electrons. The minimum absolute atomic E-state index is 0.0415. The molecule has 0 unspecified atom stereocenters. The number of aromatic hydroxyl groups is 1. The number of carbonyl (C=O) groups is 1. The number of phenols is 1. The molecular formula is C14H14N2O4S. The monoisotopic (exact) mass is 306 g/mol. The molecule has 0 aliphatic carbocycles. The number of hydrogen-bond acceptors (Lipinski definition) is 4. The van der Waals surface area contributed by atoms with Gasteiger partial charge in [-0.25, -0.2) is 13.1 Å². The van der Waals surface area contributed by atoms with E-state index in [0.29, 0.717) is 0 Å². The third-order valence-electron chi connectivity index (χ3n) is 2.85. The second kappa shape index (κ2) is 5.94. The zero-order valence-electron chi connectivity index (χ0n) is 11.2. The van der Waals surface area contributed by atoms with Crippen molar-refractivity contribution in [2.45, 2.75) is 4.90 Å². The highest BCUT2D eigenvalue weighted by Crippen LogP contribution is 2.22. The number of carbonyl (C=O) groups excluding carboxylic acids is 1. The van der Waals surface area contributed by atoms with E-state index in [1.165, 1.54) is 37.4 Å². The molecule has 6 nitrogen and oxygen atoms in total. The summed E-state index contributed by atoms with van der Waals surface area (Å²) in [6, 6.07) is 11.8. The highest BCUT2D eigenvalue weighted by molar-refractivity contribution is 7.89. The number of benzene rings is 2. The van der Waals surface area contributed by atoms with Gasteiger partial charge in [0.05, 0.1) is 10.6 Å². The topological polar surface area (TPSA) is 95.5 Å². The fourth-order valence-corrected chi connectivity index (χ4v) is 2.41. The molecule has 0 saturated carbocycles. The second-order valence-corrected chi connectivity index (χ2v) is 6.09. The van der Waals surface area contributed by atoms with E-state index in [2.05, 4.69) is 10.0 Å². The van der Waals surface area contributed by atoms with Gasteiger partial charge in [0.1, 0.15) is 5.75 Å². The van der Waals surface area contributed by atoms with Crippen LogP contribution in [0.1, 0.15) is 10.4 Å². The largest absolute Gasteiger partial charge is 0.506 e. The van der Waals surface area contributed by atoms with E-state index in [1.54, 1.807) is 18.2 Å². The molecule has 0 aromatic heterocycles. The van der Waals surface area contributed by atoms with Crippen molar-refractivity contribution in [1.29, 1.82) is 0 Å². The minimum Gasteiger partial charge on any atom is -0.506 e. The molecule has 2 aromatic rings. The van der Waals surface area contributed by atoms with Gasteiger partial charge >= 0.3 is 0 Å². The SMILES string of the molecule is CNS(=O)(=O)c1ccc(C(=O)Nc2ccccc2O)cc1. The predicted octanol–water partition coefficient (Wildman–Crippen LogP) is 1.55. The van der Waals surface area contributed by atoms with Crippen LogP contribution in [0.3, 0.4) is 0 Å². The fraction of sp³-hybridized carbons (Fsp3) is 0.0714. The van der Waals surface area contributed by atoms with Crippen molar-refractivity contribution in [2.24, 2.45) is 0 Å². The number of amides is 1. The number of hydrogen-bond donors (Lipinski definition) is 3. The third kappa shape index (κ3) is 3.39. The van der Waals surface area contributed by atoms with Crippen LogP contribution in [-0.2, 0) is 10.0 Å². The Morgan fingerprint density at radius 1 is 1.05 bits per heavy atom. The summed E-state index contributed by atoms with van der Waals surface area (Å²) in [5, 5.41) is 12.1. The molecule has 0 fully saturated rings. The molecule has 7 heteroatoms. The molecule has 0 heterocycles. The molecule has 0 bridgehead atoms. The van der Waals surface area contributed by atoms with Gasteiger partial charge < -0.3 is 10.4 Å². The van der Waals surface area contributed by atoms with Gasteiger partial charge in [-0.2, -0.15) is 0 Å². The van der Waals surface area contributed by atoms with Crippen LogP contribution in [0.25, 0.3) is 0 Å². The van der Waals surface area contributed by atoms with Gasteiger partial charge in [0.2, 0.25) is 10.0 Å². The van der Waals surface area contributed by atoms with Gasteiger partial charge in [0, 0.05) is 5.56 Å². The van der Waals surface area contributed by atoms with Gasteiger partial charge in [-0.05, 0) is 43.4 Å². The maximum Gasteiger partial charge on any atom is 0.255 e. The Morgan fingerprint density at radius 2 is 1.67 bits per heavy atom. The van der Waals surface area contributed by atoms with E-state index >= 15 is 0 Å². The first kappa shape index (κ1) is 15.0. The van der Waals surface area contributed by atoms with Gasteiger partial charge in [-0.15, -0.1) is 0 Å². The van der Waals surface area contributed by atoms with Crippen molar-refractivity contribution in [3.05, 3.63) is 54.1 Å². The predicted molar refractivity (Wildman–Crippen MR) is 78.7 cm³/mol. The lowest BCUT2D eigenvalue weighted by Crippen LogP contribution is -2.19. The Balaban J connectivity index is 2.20. The normalized spacial score (nSPS) is 11.1. The quantitative estimate of drug-likeness (QED) is 0.747. The highest BCUT2D eigenvalue weighted by atomic mass is 32.2. The maximum atomic E-state index is 12.0. The van der Waals surface area contributed by atoms with Crippen molar-refractivity contribution in [1.82, 2.24) is 4.72 Å². The summed E-state index contributed by atoms with van der Waals surface area (Å²) < 4.78 is 25.3. The Labute approximate surface area is 122 Å². The molecule has 0 saturated heterocycles. The van der Waals surface area contributed by atoms with Crippen molar-refractivity contribution in [3.63, 3.8) is 0 Å². The number of para-hydroxylation sites is 2. The average Bonchev–Trinajstić information content (AvgIpc) is 2.49. The standard InChI is InChI=1S/C14H14N2O4S/c1-15-21(19,20)11-8-6-10(7-9-11)14(18)16-12-4-2-3-5-13(12)17/h2-9,15,17H,1H3,(H,16,18). The van der Waals surface area contributed by atoms with Gasteiger partial charge in [0.15, 0.2) is 0 Å². The molecule has 2 aromatic carbocycles. The molecule has 2 rings (SSSR count). The maximum absolute atomic E-state index is 12.0. The Morgan fingerprint density at radius 3 is 2.24 bits per heavy atom. The third-order valence-corrected chi connectivity index (χ3v) is 4.28. The van der Waals surface area contributed by atoms with Crippen molar-refractivity contribution >= 4 is 21.6 Å². The smallest absolute Gasteiger partial charge is 0.255 e. The lowest BCUT2D eigenvalue weighted by Gasteiger charge is -2.08. The van der Waals surface area contributed by atoms with Crippen LogP contribution < -0.4 is 10.0 Å². The molecule has 0 aliphatic rings. The molecule has 0 spiro atoms. The summed E-state index contributed by atoms with van der Waals surface area (Å²) in [4.78, 5) is 12.1. The molecule has 0 aliphatic heterocycles. The minimum atomic E-state index is -3.53. The molecular weight excluding hydrogens is 292 g/mol. The second-order valence-electron chi connectivity index (χ2n) is 4.20. The first-order chi connectivity index (χ1) is 9.94. The van der Waals surface area contributed by atoms with E-state index in [4.69, 9.17) is 0 Å². The van der Waals surface area contributed by atoms with E-state index in [9.17, 15) is 18.3 Å². The number of sulfonamides is 1. The first-order valence-electron chi connectivity index (χ1n) is 6.07. The highest BCUT2D eigenvalue weighted by Gasteiger charge is 2.13. The summed E-state index contributed by atoms with van der Waals surface area (Å²) in [7, 11) is -2.21. The van der Waals surface area contributed by atoms with Crippen molar-refractivity contribution in [3.8, 4) is 5.75 Å². The van der Waals surface area contributed by atoms with E-state index in [1.807, 2.05) is 0 Å². The van der Waals surface area contributed by atoms with Crippen LogP contribution in [0.4, 0.5) is 5.69 Å². The van der Waals surface area contributed by atoms with Crippen LogP contribution in [0.15, 0.2) is 53.4 Å². The van der Waals surface area contributed by atoms with Crippen LogP contribution >= 0.6 is 0 Å². The lowest BCUT2D eigenvalue weighted by atomic mass is 10.2. The van der Waals surface area contributed by atoms with Crippen LogP contribution in [0.2, 0.25) is 0 Å². The molecule has 0 atom stereocenters. The molecule has 3 N–H and O–H groups in total. The molecule has 1 amide bonds. The van der Waals surface area contributed by atoms with E-state index in [-0.39, 0.29) is 21.9 Å². The first-order valence-corrected chi connectivity index (χ1v) is 7.55. The van der Waals surface area contributed by atoms with Crippen molar-refractivity contribution in [2.75, 3.05) is 12.4 Å². The summed E-state index contributed by atoms with van der Waals surface area (Å²) in [6.07, 6.45) is 0. The Hall–Kier alpha value is -2.38. The lowest BCUT2D eigenvalue weighted by molar-refractivity contribution is 0.102. The Kier molecular flexibility index (Phi) is 4.25. The van der Waals surface area contributed by atoms with Gasteiger partial charge in [0.25, 0.3) is 5.91 Å². The molecule has 0 radical (unpaired) electrons. The summed E-state index contributed by atoms with van der Waals surface area (Å²) >= 11 is 0. The summed E-state index contributed by atoms with van der Waals surface area (Å²) in [5.74, 6) is -0.481. The summed E-state index contributed by atoms with van der Waals surface area (Å²) in [5.41, 5.74) is 0.572. The Bertz CT molecular complexity index is 755. The number of anilines is 1. The fourth-order valence-electron chi connectivity index (χ4n) is 1.68. The van der Waals surface area contributed by atoms with E-state index in [0.717, 1.165) is 0 Å². The van der Waals surface area contributed by atoms with Crippen molar-refractivity contribution < 1.29 is 18.3 Å². The van der Waals surface area contributed by atoms with Gasteiger partial charge in [-0.1, -0.05) is 12.1 Å². The molecule has 21 heavy (non-hydrogen) atoms. The van der Waals surface area contributed by atoms with Gasteiger partial charge in [-0.3, -0.25) is 4.79 Å². The van der Waals surface area contributed by atoms with E-state index < -0.39 is 15.9 Å². The number of nitrogens with one attached hydrogen (secondary N) is 2.